The summed E-state index contributed by atoms with van der Waals surface area (Å²) >= 11 is 3.16. The van der Waals surface area contributed by atoms with Gasteiger partial charge in [0.15, 0.2) is 5.75 Å². The monoisotopic (exact) mass is 337 g/mol. The zero-order valence-corrected chi connectivity index (χ0v) is 12.0. The van der Waals surface area contributed by atoms with E-state index in [1.807, 2.05) is 6.07 Å². The second kappa shape index (κ2) is 5.43. The molecule has 0 aliphatic rings. The molecule has 4 nitrogen and oxygen atoms in total. The first-order chi connectivity index (χ1) is 9.04. The van der Waals surface area contributed by atoms with Crippen LogP contribution in [0.1, 0.15) is 5.56 Å². The van der Waals surface area contributed by atoms with E-state index in [1.54, 1.807) is 30.3 Å². The van der Waals surface area contributed by atoms with Gasteiger partial charge in [-0.25, -0.2) is 0 Å². The van der Waals surface area contributed by atoms with E-state index in [-0.39, 0.29) is 16.2 Å². The second-order valence-corrected chi connectivity index (χ2v) is 5.94. The average molecular weight is 338 g/mol. The summed E-state index contributed by atoms with van der Waals surface area (Å²) in [6, 6.07) is 14.4. The molecule has 2 rings (SSSR count). The summed E-state index contributed by atoms with van der Waals surface area (Å²) in [5.74, 6) is 0.0146. The number of para-hydroxylation sites is 1. The Balaban J connectivity index is 2.44. The van der Waals surface area contributed by atoms with E-state index in [2.05, 4.69) is 15.9 Å². The van der Waals surface area contributed by atoms with Crippen LogP contribution in [0.15, 0.2) is 57.9 Å². The number of benzene rings is 2. The Morgan fingerprint density at radius 1 is 1.05 bits per heavy atom. The van der Waals surface area contributed by atoms with Gasteiger partial charge in [-0.15, -0.1) is 0 Å². The number of nitriles is 1. The van der Waals surface area contributed by atoms with Crippen molar-refractivity contribution in [1.29, 1.82) is 5.26 Å². The van der Waals surface area contributed by atoms with Crippen LogP contribution in [0.25, 0.3) is 0 Å². The number of halogens is 1. The zero-order valence-electron chi connectivity index (χ0n) is 9.58. The summed E-state index contributed by atoms with van der Waals surface area (Å²) in [5, 5.41) is 8.91. The standard InChI is InChI=1S/C13H8BrNO3S/c14-11-6-2-4-8-13(11)19(16,17)18-12-7-3-1-5-10(12)9-15/h1-8H. The van der Waals surface area contributed by atoms with E-state index in [9.17, 15) is 8.42 Å². The van der Waals surface area contributed by atoms with Gasteiger partial charge in [0.2, 0.25) is 0 Å². The van der Waals surface area contributed by atoms with Crippen LogP contribution < -0.4 is 4.18 Å². The molecule has 0 saturated carbocycles. The molecule has 0 unspecified atom stereocenters. The van der Waals surface area contributed by atoms with E-state index < -0.39 is 10.1 Å². The molecule has 2 aromatic rings. The lowest BCUT2D eigenvalue weighted by atomic mass is 10.2. The topological polar surface area (TPSA) is 67.2 Å². The van der Waals surface area contributed by atoms with Gasteiger partial charge in [0.1, 0.15) is 11.0 Å². The van der Waals surface area contributed by atoms with Crippen LogP contribution in [0.3, 0.4) is 0 Å². The fourth-order valence-corrected chi connectivity index (χ4v) is 3.35. The van der Waals surface area contributed by atoms with Crippen molar-refractivity contribution in [2.75, 3.05) is 0 Å². The third-order valence-electron chi connectivity index (χ3n) is 2.31. The number of rotatable bonds is 3. The zero-order chi connectivity index (χ0) is 13.9. The minimum atomic E-state index is -3.97. The Hall–Kier alpha value is -1.84. The van der Waals surface area contributed by atoms with E-state index in [0.717, 1.165) is 0 Å². The summed E-state index contributed by atoms with van der Waals surface area (Å²) < 4.78 is 29.7. The Bertz CT molecular complexity index is 750. The highest BCUT2D eigenvalue weighted by atomic mass is 79.9. The van der Waals surface area contributed by atoms with Crippen LogP contribution in [0, 0.1) is 11.3 Å². The van der Waals surface area contributed by atoms with E-state index >= 15 is 0 Å². The Kier molecular flexibility index (Phi) is 3.88. The first-order valence-corrected chi connectivity index (χ1v) is 7.43. The van der Waals surface area contributed by atoms with Gasteiger partial charge in [-0.3, -0.25) is 0 Å². The molecule has 0 aromatic heterocycles. The maximum atomic E-state index is 12.1. The molecule has 0 aliphatic heterocycles. The molecule has 0 aliphatic carbocycles. The third-order valence-corrected chi connectivity index (χ3v) is 4.56. The molecule has 19 heavy (non-hydrogen) atoms. The number of hydrogen-bond donors (Lipinski definition) is 0. The minimum Gasteiger partial charge on any atom is -0.378 e. The average Bonchev–Trinajstić information content (AvgIpc) is 2.39. The first kappa shape index (κ1) is 13.6. The van der Waals surface area contributed by atoms with Crippen molar-refractivity contribution in [3.63, 3.8) is 0 Å². The number of nitrogens with zero attached hydrogens (tertiary/aromatic N) is 1. The van der Waals surface area contributed by atoms with Crippen molar-refractivity contribution in [2.24, 2.45) is 0 Å². The van der Waals surface area contributed by atoms with Gasteiger partial charge >= 0.3 is 10.1 Å². The quantitative estimate of drug-likeness (QED) is 0.807. The molecule has 0 fully saturated rings. The van der Waals surface area contributed by atoms with E-state index in [1.165, 1.54) is 18.2 Å². The molecule has 0 saturated heterocycles. The number of hydrogen-bond acceptors (Lipinski definition) is 4. The normalized spacial score (nSPS) is 10.7. The highest BCUT2D eigenvalue weighted by Crippen LogP contribution is 2.26. The fraction of sp³-hybridized carbons (Fsp3) is 0. The molecule has 0 amide bonds. The van der Waals surface area contributed by atoms with Crippen molar-refractivity contribution in [3.8, 4) is 11.8 Å². The first-order valence-electron chi connectivity index (χ1n) is 5.23. The highest BCUT2D eigenvalue weighted by molar-refractivity contribution is 9.10. The molecule has 2 aromatic carbocycles. The molecule has 0 N–H and O–H groups in total. The van der Waals surface area contributed by atoms with Gasteiger partial charge in [-0.2, -0.15) is 13.7 Å². The van der Waals surface area contributed by atoms with Gasteiger partial charge in [0.05, 0.1) is 5.56 Å². The van der Waals surface area contributed by atoms with Gasteiger partial charge in [0, 0.05) is 4.47 Å². The Labute approximate surface area is 119 Å². The van der Waals surface area contributed by atoms with Crippen LogP contribution in [0.4, 0.5) is 0 Å². The lowest BCUT2D eigenvalue weighted by Crippen LogP contribution is -2.11. The molecular formula is C13H8BrNO3S. The molecule has 96 valence electrons. The SMILES string of the molecule is N#Cc1ccccc1OS(=O)(=O)c1ccccc1Br. The highest BCUT2D eigenvalue weighted by Gasteiger charge is 2.20. The van der Waals surface area contributed by atoms with E-state index in [4.69, 9.17) is 9.44 Å². The largest absolute Gasteiger partial charge is 0.378 e. The van der Waals surface area contributed by atoms with Crippen LogP contribution in [0.2, 0.25) is 0 Å². The fourth-order valence-electron chi connectivity index (χ4n) is 1.44. The van der Waals surface area contributed by atoms with Gasteiger partial charge in [-0.05, 0) is 40.2 Å². The Morgan fingerprint density at radius 2 is 1.68 bits per heavy atom. The van der Waals surface area contributed by atoms with Gasteiger partial charge < -0.3 is 4.18 Å². The van der Waals surface area contributed by atoms with E-state index in [0.29, 0.717) is 4.47 Å². The summed E-state index contributed by atoms with van der Waals surface area (Å²) in [5.41, 5.74) is 0.165. The van der Waals surface area contributed by atoms with Crippen molar-refractivity contribution in [1.82, 2.24) is 0 Å². The van der Waals surface area contributed by atoms with Crippen molar-refractivity contribution >= 4 is 26.0 Å². The minimum absolute atomic E-state index is 0.0146. The predicted octanol–water partition coefficient (Wildman–Crippen LogP) is 3.09. The Morgan fingerprint density at radius 3 is 2.37 bits per heavy atom. The lowest BCUT2D eigenvalue weighted by Gasteiger charge is -2.09. The van der Waals surface area contributed by atoms with Crippen molar-refractivity contribution in [2.45, 2.75) is 4.90 Å². The lowest BCUT2D eigenvalue weighted by molar-refractivity contribution is 0.485. The smallest absolute Gasteiger partial charge is 0.340 e. The maximum Gasteiger partial charge on any atom is 0.340 e. The molecule has 0 bridgehead atoms. The van der Waals surface area contributed by atoms with Crippen LogP contribution in [-0.2, 0) is 10.1 Å². The second-order valence-electron chi connectivity index (χ2n) is 3.58. The van der Waals surface area contributed by atoms with Crippen LogP contribution in [-0.4, -0.2) is 8.42 Å². The third kappa shape index (κ3) is 2.95. The van der Waals surface area contributed by atoms with Gasteiger partial charge in [-0.1, -0.05) is 24.3 Å². The molecule has 0 atom stereocenters. The summed E-state index contributed by atoms with van der Waals surface area (Å²) in [6.07, 6.45) is 0. The summed E-state index contributed by atoms with van der Waals surface area (Å²) in [6.45, 7) is 0. The predicted molar refractivity (Wildman–Crippen MR) is 73.1 cm³/mol. The summed E-state index contributed by atoms with van der Waals surface area (Å²) in [7, 11) is -3.97. The molecule has 0 spiro atoms. The van der Waals surface area contributed by atoms with Crippen molar-refractivity contribution in [3.05, 3.63) is 58.6 Å². The van der Waals surface area contributed by atoms with Crippen LogP contribution >= 0.6 is 15.9 Å². The van der Waals surface area contributed by atoms with Gasteiger partial charge in [0.25, 0.3) is 0 Å². The van der Waals surface area contributed by atoms with Crippen LogP contribution in [0.5, 0.6) is 5.75 Å². The van der Waals surface area contributed by atoms with Crippen molar-refractivity contribution < 1.29 is 12.6 Å². The molecule has 0 radical (unpaired) electrons. The maximum absolute atomic E-state index is 12.1. The molecule has 6 heteroatoms. The summed E-state index contributed by atoms with van der Waals surface area (Å²) in [4.78, 5) is 0.0164. The molecular weight excluding hydrogens is 330 g/mol. The molecule has 0 heterocycles.